The molecule has 1 amide bonds. The van der Waals surface area contributed by atoms with Crippen molar-refractivity contribution in [3.05, 3.63) is 11.8 Å². The van der Waals surface area contributed by atoms with Crippen LogP contribution in [0.4, 0.5) is 5.82 Å². The number of carbonyl (C=O) groups excluding carboxylic acids is 1. The average Bonchev–Trinajstić information content (AvgIpc) is 2.64. The van der Waals surface area contributed by atoms with Crippen molar-refractivity contribution in [3.63, 3.8) is 0 Å². The molecule has 0 aliphatic heterocycles. The molecule has 1 heterocycles. The third-order valence-corrected chi connectivity index (χ3v) is 3.50. The number of nitrogens with zero attached hydrogens (tertiary/aromatic N) is 1. The van der Waals surface area contributed by atoms with Crippen LogP contribution in [0.1, 0.15) is 50.1 Å². The number of hydrogen-bond donors (Lipinski definition) is 3. The Kier molecular flexibility index (Phi) is 6.87. The maximum absolute atomic E-state index is 11.4. The lowest BCUT2D eigenvalue weighted by Crippen LogP contribution is -2.25. The third-order valence-electron chi connectivity index (χ3n) is 3.50. The van der Waals surface area contributed by atoms with Crippen LogP contribution in [0.25, 0.3) is 0 Å². The molecule has 0 radical (unpaired) electrons. The zero-order chi connectivity index (χ0) is 12.8. The van der Waals surface area contributed by atoms with Gasteiger partial charge < -0.3 is 10.6 Å². The van der Waals surface area contributed by atoms with E-state index in [9.17, 15) is 4.79 Å². The molecule has 0 atom stereocenters. The van der Waals surface area contributed by atoms with Crippen LogP contribution in [0.5, 0.6) is 0 Å². The van der Waals surface area contributed by atoms with Crippen LogP contribution in [0.2, 0.25) is 0 Å². The van der Waals surface area contributed by atoms with Gasteiger partial charge in [-0.2, -0.15) is 5.10 Å². The number of H-pyrrole nitrogens is 1. The highest BCUT2D eigenvalue weighted by Crippen LogP contribution is 2.31. The Morgan fingerprint density at radius 3 is 2.68 bits per heavy atom. The van der Waals surface area contributed by atoms with Gasteiger partial charge in [0.1, 0.15) is 0 Å². The number of rotatable bonds is 4. The van der Waals surface area contributed by atoms with E-state index in [1.807, 2.05) is 6.07 Å². The predicted octanol–water partition coefficient (Wildman–Crippen LogP) is 2.43. The third kappa shape index (κ3) is 4.84. The molecule has 5 nitrogen and oxygen atoms in total. The van der Waals surface area contributed by atoms with Crippen LogP contribution < -0.4 is 10.6 Å². The predicted molar refractivity (Wildman–Crippen MR) is 78.8 cm³/mol. The summed E-state index contributed by atoms with van der Waals surface area (Å²) in [4.78, 5) is 11.4. The molecule has 1 aromatic heterocycles. The molecule has 0 spiro atoms. The van der Waals surface area contributed by atoms with Crippen molar-refractivity contribution in [2.24, 2.45) is 0 Å². The first kappa shape index (κ1) is 16.0. The van der Waals surface area contributed by atoms with Crippen molar-refractivity contribution in [2.75, 3.05) is 18.9 Å². The van der Waals surface area contributed by atoms with Crippen molar-refractivity contribution in [2.45, 2.75) is 44.4 Å². The highest BCUT2D eigenvalue weighted by molar-refractivity contribution is 5.91. The SMILES string of the molecule is CNCC(=O)Nc1cc(C2CCCCCC2)[nH]n1.Cl. The van der Waals surface area contributed by atoms with E-state index in [1.165, 1.54) is 38.5 Å². The van der Waals surface area contributed by atoms with Crippen molar-refractivity contribution in [3.8, 4) is 0 Å². The summed E-state index contributed by atoms with van der Waals surface area (Å²) >= 11 is 0. The van der Waals surface area contributed by atoms with Gasteiger partial charge in [0.05, 0.1) is 6.54 Å². The van der Waals surface area contributed by atoms with Gasteiger partial charge in [-0.25, -0.2) is 0 Å². The van der Waals surface area contributed by atoms with Gasteiger partial charge in [-0.1, -0.05) is 25.7 Å². The molecule has 6 heteroatoms. The van der Waals surface area contributed by atoms with Crippen LogP contribution in [-0.4, -0.2) is 29.7 Å². The number of amides is 1. The van der Waals surface area contributed by atoms with Gasteiger partial charge >= 0.3 is 0 Å². The van der Waals surface area contributed by atoms with E-state index in [4.69, 9.17) is 0 Å². The first-order chi connectivity index (χ1) is 8.79. The standard InChI is InChI=1S/C13H22N4O.ClH/c1-14-9-13(18)15-12-8-11(16-17-12)10-6-4-2-3-5-7-10;/h8,10,14H,2-7,9H2,1H3,(H2,15,16,17,18);1H. The summed E-state index contributed by atoms with van der Waals surface area (Å²) < 4.78 is 0. The number of carbonyl (C=O) groups is 1. The fourth-order valence-electron chi connectivity index (χ4n) is 2.55. The summed E-state index contributed by atoms with van der Waals surface area (Å²) in [5, 5.41) is 12.8. The van der Waals surface area contributed by atoms with Crippen LogP contribution >= 0.6 is 12.4 Å². The van der Waals surface area contributed by atoms with Crippen LogP contribution in [0.3, 0.4) is 0 Å². The minimum atomic E-state index is -0.0589. The van der Waals surface area contributed by atoms with E-state index in [2.05, 4.69) is 20.8 Å². The maximum Gasteiger partial charge on any atom is 0.239 e. The number of aromatic amines is 1. The Bertz CT molecular complexity index is 386. The van der Waals surface area contributed by atoms with Crippen molar-refractivity contribution >= 4 is 24.1 Å². The summed E-state index contributed by atoms with van der Waals surface area (Å²) in [7, 11) is 1.75. The van der Waals surface area contributed by atoms with E-state index in [0.717, 1.165) is 5.69 Å². The van der Waals surface area contributed by atoms with E-state index < -0.39 is 0 Å². The zero-order valence-electron chi connectivity index (χ0n) is 11.4. The molecule has 0 aromatic carbocycles. The Morgan fingerprint density at radius 1 is 1.37 bits per heavy atom. The maximum atomic E-state index is 11.4. The summed E-state index contributed by atoms with van der Waals surface area (Å²) in [6, 6.07) is 1.98. The van der Waals surface area contributed by atoms with E-state index in [-0.39, 0.29) is 18.3 Å². The molecule has 1 aromatic rings. The van der Waals surface area contributed by atoms with Gasteiger partial charge in [-0.15, -0.1) is 12.4 Å². The van der Waals surface area contributed by atoms with Gasteiger partial charge in [-0.05, 0) is 19.9 Å². The molecule has 0 bridgehead atoms. The van der Waals surface area contributed by atoms with Gasteiger partial charge in [0, 0.05) is 17.7 Å². The lowest BCUT2D eigenvalue weighted by atomic mass is 9.97. The van der Waals surface area contributed by atoms with Crippen LogP contribution in [0, 0.1) is 0 Å². The Morgan fingerprint density at radius 2 is 2.05 bits per heavy atom. The summed E-state index contributed by atoms with van der Waals surface area (Å²) in [6.45, 7) is 0.311. The van der Waals surface area contributed by atoms with Gasteiger partial charge in [0.25, 0.3) is 0 Å². The van der Waals surface area contributed by atoms with Crippen LogP contribution in [0.15, 0.2) is 6.07 Å². The number of hydrogen-bond acceptors (Lipinski definition) is 3. The molecule has 0 unspecified atom stereocenters. The molecule has 3 N–H and O–H groups in total. The number of likely N-dealkylation sites (N-methyl/N-ethyl adjacent to an activating group) is 1. The Labute approximate surface area is 120 Å². The number of nitrogens with one attached hydrogen (secondary N) is 3. The molecule has 19 heavy (non-hydrogen) atoms. The zero-order valence-corrected chi connectivity index (χ0v) is 12.2. The average molecular weight is 287 g/mol. The molecule has 1 saturated carbocycles. The Balaban J connectivity index is 0.00000180. The molecular weight excluding hydrogens is 264 g/mol. The fourth-order valence-corrected chi connectivity index (χ4v) is 2.55. The van der Waals surface area contributed by atoms with Crippen LogP contribution in [-0.2, 0) is 4.79 Å². The van der Waals surface area contributed by atoms with Gasteiger partial charge in [-0.3, -0.25) is 9.89 Å². The summed E-state index contributed by atoms with van der Waals surface area (Å²) in [6.07, 6.45) is 7.74. The second kappa shape index (κ2) is 8.17. The topological polar surface area (TPSA) is 69.8 Å². The lowest BCUT2D eigenvalue weighted by molar-refractivity contribution is -0.115. The summed E-state index contributed by atoms with van der Waals surface area (Å²) in [5.74, 6) is 1.15. The second-order valence-corrected chi connectivity index (χ2v) is 4.98. The monoisotopic (exact) mass is 286 g/mol. The van der Waals surface area contributed by atoms with Gasteiger partial charge in [0.2, 0.25) is 5.91 Å². The fraction of sp³-hybridized carbons (Fsp3) is 0.692. The highest BCUT2D eigenvalue weighted by Gasteiger charge is 2.17. The normalized spacial score (nSPS) is 16.5. The Hall–Kier alpha value is -1.07. The number of anilines is 1. The van der Waals surface area contributed by atoms with Crippen molar-refractivity contribution in [1.29, 1.82) is 0 Å². The molecule has 1 fully saturated rings. The molecule has 108 valence electrons. The molecule has 0 saturated heterocycles. The molecule has 1 aliphatic carbocycles. The van der Waals surface area contributed by atoms with Gasteiger partial charge in [0.15, 0.2) is 5.82 Å². The summed E-state index contributed by atoms with van der Waals surface area (Å²) in [5.41, 5.74) is 1.16. The van der Waals surface area contributed by atoms with E-state index >= 15 is 0 Å². The van der Waals surface area contributed by atoms with Crippen molar-refractivity contribution < 1.29 is 4.79 Å². The quantitative estimate of drug-likeness (QED) is 0.745. The minimum Gasteiger partial charge on any atom is -0.311 e. The largest absolute Gasteiger partial charge is 0.311 e. The molecular formula is C13H23ClN4O. The number of halogens is 1. The van der Waals surface area contributed by atoms with Crippen molar-refractivity contribution in [1.82, 2.24) is 15.5 Å². The second-order valence-electron chi connectivity index (χ2n) is 4.98. The smallest absolute Gasteiger partial charge is 0.239 e. The highest BCUT2D eigenvalue weighted by atomic mass is 35.5. The number of aromatic nitrogens is 2. The van der Waals surface area contributed by atoms with E-state index in [0.29, 0.717) is 18.3 Å². The first-order valence-corrected chi connectivity index (χ1v) is 6.79. The minimum absolute atomic E-state index is 0. The lowest BCUT2D eigenvalue weighted by Gasteiger charge is -2.10. The molecule has 1 aliphatic rings. The van der Waals surface area contributed by atoms with E-state index in [1.54, 1.807) is 7.05 Å². The first-order valence-electron chi connectivity index (χ1n) is 6.79. The molecule has 2 rings (SSSR count).